The summed E-state index contributed by atoms with van der Waals surface area (Å²) in [5.74, 6) is -2.08. The second kappa shape index (κ2) is 12.3. The maximum atomic E-state index is 13.5. The highest BCUT2D eigenvalue weighted by Crippen LogP contribution is 2.33. The van der Waals surface area contributed by atoms with Gasteiger partial charge in [0.05, 0.1) is 11.7 Å². The van der Waals surface area contributed by atoms with Gasteiger partial charge in [-0.25, -0.2) is 17.6 Å². The molecule has 0 unspecified atom stereocenters. The predicted octanol–water partition coefficient (Wildman–Crippen LogP) is 9.44. The van der Waals surface area contributed by atoms with Crippen LogP contribution in [0, 0.1) is 30.2 Å². The van der Waals surface area contributed by atoms with E-state index < -0.39 is 23.3 Å². The van der Waals surface area contributed by atoms with Crippen LogP contribution in [0.25, 0.3) is 10.9 Å². The van der Waals surface area contributed by atoms with E-state index in [1.807, 2.05) is 6.92 Å². The zero-order valence-electron chi connectivity index (χ0n) is 19.0. The molecule has 5 aromatic rings. The average molecular weight is 655 g/mol. The predicted molar refractivity (Wildman–Crippen MR) is 147 cm³/mol. The van der Waals surface area contributed by atoms with E-state index in [0.717, 1.165) is 49.7 Å². The molecule has 0 aliphatic rings. The van der Waals surface area contributed by atoms with Gasteiger partial charge in [-0.1, -0.05) is 23.4 Å². The number of nitrogens with one attached hydrogen (secondary N) is 1. The molecule has 198 valence electrons. The summed E-state index contributed by atoms with van der Waals surface area (Å²) in [6.45, 7) is 1.85. The first-order valence-electron chi connectivity index (χ1n) is 10.5. The lowest BCUT2D eigenvalue weighted by atomic mass is 10.2. The molecule has 0 spiro atoms. The number of benzene rings is 4. The number of hydrogen-bond donors (Lipinski definition) is 2. The number of halogens is 6. The van der Waals surface area contributed by atoms with E-state index in [0.29, 0.717) is 17.2 Å². The van der Waals surface area contributed by atoms with Gasteiger partial charge in [-0.3, -0.25) is 5.10 Å². The van der Waals surface area contributed by atoms with Crippen LogP contribution in [0.5, 0.6) is 23.0 Å². The third kappa shape index (κ3) is 6.84. The molecule has 0 saturated heterocycles. The molecule has 3 N–H and O–H groups in total. The number of rotatable bonds is 4. The van der Waals surface area contributed by atoms with Gasteiger partial charge in [0.25, 0.3) is 0 Å². The number of aromatic amines is 1. The van der Waals surface area contributed by atoms with E-state index >= 15 is 0 Å². The highest BCUT2D eigenvalue weighted by molar-refractivity contribution is 9.11. The van der Waals surface area contributed by atoms with Crippen molar-refractivity contribution < 1.29 is 27.0 Å². The fourth-order valence-electron chi connectivity index (χ4n) is 3.15. The van der Waals surface area contributed by atoms with Gasteiger partial charge in [0, 0.05) is 44.3 Å². The second-order valence-electron chi connectivity index (χ2n) is 7.71. The summed E-state index contributed by atoms with van der Waals surface area (Å²) in [4.78, 5) is 0. The molecule has 5 rings (SSSR count). The minimum Gasteiger partial charge on any atom is -0.454 e. The van der Waals surface area contributed by atoms with E-state index in [1.54, 1.807) is 30.5 Å². The number of fused-ring (bicyclic) bond motifs is 1. The third-order valence-corrected chi connectivity index (χ3v) is 6.56. The molecule has 0 aliphatic heterocycles. The Kier molecular flexibility index (Phi) is 9.40. The molecular formula is C27H21Br2F4N3O2. The fraction of sp³-hybridized carbons (Fsp3) is 0.0741. The number of nitrogen functional groups attached to an aromatic ring is 1. The van der Waals surface area contributed by atoms with Crippen LogP contribution in [0.2, 0.25) is 0 Å². The lowest BCUT2D eigenvalue weighted by molar-refractivity contribution is 0.437. The van der Waals surface area contributed by atoms with Crippen molar-refractivity contribution >= 4 is 48.5 Å². The molecule has 0 saturated carbocycles. The van der Waals surface area contributed by atoms with Crippen molar-refractivity contribution in [2.45, 2.75) is 14.4 Å². The highest BCUT2D eigenvalue weighted by atomic mass is 79.9. The number of nitrogens with two attached hydrogens (primary N) is 1. The van der Waals surface area contributed by atoms with E-state index in [-0.39, 0.29) is 18.9 Å². The maximum absolute atomic E-state index is 13.5. The van der Waals surface area contributed by atoms with Crippen molar-refractivity contribution in [2.75, 3.05) is 5.73 Å². The lowest BCUT2D eigenvalue weighted by Gasteiger charge is -2.10. The standard InChI is InChI=1S/C13H7BrF2N2O.C13H10BrF2NO.CH4/c14-10-4-8(5-12-9(10)6-17-18-12)19-13-2-1-7(15)3-11(13)16;1-7-10(14)5-9(6-12(7)17)18-13-3-2-8(15)4-11(13)16;/h1-6H,(H,17,18);2-6H,17H2,1H3;1H4. The first-order chi connectivity index (χ1) is 17.6. The molecular weight excluding hydrogens is 634 g/mol. The molecule has 0 radical (unpaired) electrons. The Hall–Kier alpha value is -3.57. The van der Waals surface area contributed by atoms with Crippen molar-refractivity contribution in [1.82, 2.24) is 10.2 Å². The van der Waals surface area contributed by atoms with Crippen molar-refractivity contribution in [3.8, 4) is 23.0 Å². The van der Waals surface area contributed by atoms with Gasteiger partial charge in [0.15, 0.2) is 23.1 Å². The average Bonchev–Trinajstić information content (AvgIpc) is 3.31. The van der Waals surface area contributed by atoms with E-state index in [1.165, 1.54) is 12.1 Å². The Morgan fingerprint density at radius 2 is 1.29 bits per heavy atom. The van der Waals surface area contributed by atoms with Gasteiger partial charge in [0.2, 0.25) is 0 Å². The van der Waals surface area contributed by atoms with E-state index in [4.69, 9.17) is 15.2 Å². The van der Waals surface area contributed by atoms with Gasteiger partial charge in [0.1, 0.15) is 23.1 Å². The number of anilines is 1. The number of aromatic nitrogens is 2. The summed E-state index contributed by atoms with van der Waals surface area (Å²) in [5, 5.41) is 7.60. The molecule has 0 bridgehead atoms. The second-order valence-corrected chi connectivity index (χ2v) is 9.42. The van der Waals surface area contributed by atoms with Crippen LogP contribution in [-0.4, -0.2) is 10.2 Å². The number of hydrogen-bond acceptors (Lipinski definition) is 4. The van der Waals surface area contributed by atoms with Gasteiger partial charge >= 0.3 is 0 Å². The molecule has 0 aliphatic carbocycles. The fourth-order valence-corrected chi connectivity index (χ4v) is 4.14. The van der Waals surface area contributed by atoms with Crippen LogP contribution in [0.15, 0.2) is 75.8 Å². The Morgan fingerprint density at radius 1 is 0.763 bits per heavy atom. The van der Waals surface area contributed by atoms with Gasteiger partial charge in [-0.2, -0.15) is 5.10 Å². The van der Waals surface area contributed by atoms with Crippen LogP contribution in [0.4, 0.5) is 23.2 Å². The Balaban J connectivity index is 0.000000206. The first kappa shape index (κ1) is 29.0. The maximum Gasteiger partial charge on any atom is 0.168 e. The summed E-state index contributed by atoms with van der Waals surface area (Å²) in [5.41, 5.74) is 7.94. The number of ether oxygens (including phenoxy) is 2. The Bertz CT molecular complexity index is 1570. The quantitative estimate of drug-likeness (QED) is 0.150. The largest absolute Gasteiger partial charge is 0.454 e. The molecule has 11 heteroatoms. The van der Waals surface area contributed by atoms with Crippen LogP contribution < -0.4 is 15.2 Å². The highest BCUT2D eigenvalue weighted by Gasteiger charge is 2.10. The van der Waals surface area contributed by atoms with Gasteiger partial charge in [-0.05, 0) is 64.8 Å². The number of H-pyrrole nitrogens is 1. The van der Waals surface area contributed by atoms with Crippen LogP contribution in [-0.2, 0) is 0 Å². The van der Waals surface area contributed by atoms with Crippen molar-refractivity contribution in [3.63, 3.8) is 0 Å². The van der Waals surface area contributed by atoms with Crippen molar-refractivity contribution in [2.24, 2.45) is 0 Å². The summed E-state index contributed by atoms with van der Waals surface area (Å²) in [7, 11) is 0. The molecule has 0 fully saturated rings. The van der Waals surface area contributed by atoms with Crippen LogP contribution in [0.1, 0.15) is 13.0 Å². The zero-order chi connectivity index (χ0) is 26.7. The van der Waals surface area contributed by atoms with Crippen molar-refractivity contribution in [1.29, 1.82) is 0 Å². The smallest absolute Gasteiger partial charge is 0.168 e. The number of nitrogens with zero attached hydrogens (tertiary/aromatic N) is 1. The normalized spacial score (nSPS) is 10.4. The summed E-state index contributed by atoms with van der Waals surface area (Å²) < 4.78 is 64.7. The molecule has 1 aromatic heterocycles. The van der Waals surface area contributed by atoms with Gasteiger partial charge in [-0.15, -0.1) is 0 Å². The topological polar surface area (TPSA) is 73.2 Å². The summed E-state index contributed by atoms with van der Waals surface area (Å²) in [6.07, 6.45) is 1.67. The monoisotopic (exact) mass is 653 g/mol. The Labute approximate surface area is 232 Å². The minimum absolute atomic E-state index is 0. The Morgan fingerprint density at radius 3 is 1.82 bits per heavy atom. The lowest BCUT2D eigenvalue weighted by Crippen LogP contribution is -1.94. The third-order valence-electron chi connectivity index (χ3n) is 5.08. The molecule has 5 nitrogen and oxygen atoms in total. The minimum atomic E-state index is -0.759. The van der Waals surface area contributed by atoms with E-state index in [2.05, 4.69) is 42.1 Å². The molecule has 0 amide bonds. The molecule has 0 atom stereocenters. The summed E-state index contributed by atoms with van der Waals surface area (Å²) >= 11 is 6.70. The van der Waals surface area contributed by atoms with Crippen molar-refractivity contribution in [3.05, 3.63) is 105 Å². The SMILES string of the molecule is C.Cc1c(N)cc(Oc2ccc(F)cc2F)cc1Br.Fc1ccc(Oc2cc(Br)c3cn[nH]c3c2)c(F)c1. The van der Waals surface area contributed by atoms with Crippen LogP contribution in [0.3, 0.4) is 0 Å². The molecule has 1 heterocycles. The first-order valence-corrected chi connectivity index (χ1v) is 12.1. The van der Waals surface area contributed by atoms with E-state index in [9.17, 15) is 17.6 Å². The van der Waals surface area contributed by atoms with Gasteiger partial charge < -0.3 is 15.2 Å². The van der Waals surface area contributed by atoms with Crippen LogP contribution >= 0.6 is 31.9 Å². The molecule has 38 heavy (non-hydrogen) atoms. The molecule has 4 aromatic carbocycles. The zero-order valence-corrected chi connectivity index (χ0v) is 22.1. The summed E-state index contributed by atoms with van der Waals surface area (Å²) in [6, 6.07) is 12.9.